The largest absolute Gasteiger partial charge is 0.309 e. The molecule has 0 N–H and O–H groups in total. The van der Waals surface area contributed by atoms with Crippen LogP contribution in [0.4, 0.5) is 0 Å². The molecule has 0 bridgehead atoms. The van der Waals surface area contributed by atoms with E-state index in [1.54, 1.807) is 0 Å². The molecule has 0 radical (unpaired) electrons. The summed E-state index contributed by atoms with van der Waals surface area (Å²) in [6.07, 6.45) is 0. The Morgan fingerprint density at radius 2 is 1.19 bits per heavy atom. The number of thiophene rings is 2. The summed E-state index contributed by atoms with van der Waals surface area (Å²) in [5.41, 5.74) is 11.8. The van der Waals surface area contributed by atoms with E-state index in [0.717, 1.165) is 0 Å². The molecule has 0 fully saturated rings. The second-order valence-corrected chi connectivity index (χ2v) is 15.8. The maximum atomic E-state index is 2.49. The Kier molecular flexibility index (Phi) is 5.27. The van der Waals surface area contributed by atoms with Gasteiger partial charge in [0.05, 0.1) is 11.0 Å². The standard InChI is InChI=1S/C45H29NS2/c1-45(2)37-15-6-3-10-29(37)34-24-35-30-11-4-7-16-39(30)46(40(35)25-38(34)45)27-19-21-42-36(23-27)32-20-18-26(22-43(32)47-42)28-13-9-14-33-31-12-5-8-17-41(31)48-44(28)33/h3-25H,1-2H3. The van der Waals surface area contributed by atoms with Crippen molar-refractivity contribution in [1.82, 2.24) is 4.57 Å². The van der Waals surface area contributed by atoms with Gasteiger partial charge in [-0.05, 0) is 81.9 Å². The van der Waals surface area contributed by atoms with E-state index < -0.39 is 0 Å². The monoisotopic (exact) mass is 647 g/mol. The summed E-state index contributed by atoms with van der Waals surface area (Å²) >= 11 is 3.80. The van der Waals surface area contributed by atoms with Gasteiger partial charge in [-0.25, -0.2) is 0 Å². The predicted molar refractivity (Wildman–Crippen MR) is 210 cm³/mol. The van der Waals surface area contributed by atoms with E-state index in [-0.39, 0.29) is 5.41 Å². The Labute approximate surface area is 285 Å². The maximum Gasteiger partial charge on any atom is 0.0544 e. The highest BCUT2D eigenvalue weighted by molar-refractivity contribution is 7.26. The van der Waals surface area contributed by atoms with Crippen molar-refractivity contribution in [3.63, 3.8) is 0 Å². The van der Waals surface area contributed by atoms with E-state index in [4.69, 9.17) is 0 Å². The topological polar surface area (TPSA) is 4.93 Å². The lowest BCUT2D eigenvalue weighted by Gasteiger charge is -2.21. The van der Waals surface area contributed by atoms with Gasteiger partial charge in [-0.1, -0.05) is 105 Å². The third-order valence-corrected chi connectivity index (χ3v) is 13.2. The van der Waals surface area contributed by atoms with Crippen molar-refractivity contribution in [3.8, 4) is 27.9 Å². The van der Waals surface area contributed by atoms with Crippen LogP contribution in [0, 0.1) is 0 Å². The lowest BCUT2D eigenvalue weighted by molar-refractivity contribution is 0.661. The van der Waals surface area contributed by atoms with Gasteiger partial charge in [-0.3, -0.25) is 0 Å². The molecule has 1 nitrogen and oxygen atoms in total. The maximum absolute atomic E-state index is 2.49. The van der Waals surface area contributed by atoms with Crippen molar-refractivity contribution in [3.05, 3.63) is 151 Å². The van der Waals surface area contributed by atoms with Gasteiger partial charge < -0.3 is 4.57 Å². The molecule has 226 valence electrons. The molecule has 7 aromatic carbocycles. The normalized spacial score (nSPS) is 13.8. The quantitative estimate of drug-likeness (QED) is 0.176. The lowest BCUT2D eigenvalue weighted by atomic mass is 9.82. The van der Waals surface area contributed by atoms with Crippen LogP contribution in [0.2, 0.25) is 0 Å². The number of hydrogen-bond acceptors (Lipinski definition) is 2. The number of fused-ring (bicyclic) bond motifs is 12. The minimum Gasteiger partial charge on any atom is -0.309 e. The minimum atomic E-state index is -0.0488. The summed E-state index contributed by atoms with van der Waals surface area (Å²) in [4.78, 5) is 0. The van der Waals surface area contributed by atoms with Gasteiger partial charge in [0, 0.05) is 62.2 Å². The number of para-hydroxylation sites is 1. The molecule has 1 aliphatic carbocycles. The van der Waals surface area contributed by atoms with Gasteiger partial charge in [0.1, 0.15) is 0 Å². The van der Waals surface area contributed by atoms with E-state index in [2.05, 4.69) is 158 Å². The SMILES string of the molecule is CC1(C)c2ccccc2-c2cc3c4ccccc4n(-c4ccc5sc6cc(-c7cccc8c7sc7ccccc78)ccc6c5c4)c3cc21. The molecule has 3 aromatic heterocycles. The minimum absolute atomic E-state index is 0.0488. The number of benzene rings is 7. The van der Waals surface area contributed by atoms with E-state index in [1.165, 1.54) is 101 Å². The molecular weight excluding hydrogens is 619 g/mol. The van der Waals surface area contributed by atoms with Gasteiger partial charge in [0.2, 0.25) is 0 Å². The number of aromatic nitrogens is 1. The van der Waals surface area contributed by atoms with Crippen LogP contribution >= 0.6 is 22.7 Å². The Morgan fingerprint density at radius 1 is 0.438 bits per heavy atom. The number of hydrogen-bond donors (Lipinski definition) is 0. The first kappa shape index (κ1) is 26.8. The Balaban J connectivity index is 1.11. The zero-order valence-electron chi connectivity index (χ0n) is 26.5. The molecule has 48 heavy (non-hydrogen) atoms. The fourth-order valence-corrected chi connectivity index (χ4v) is 10.9. The number of rotatable bonds is 2. The average Bonchev–Trinajstić information content (AvgIpc) is 3.84. The van der Waals surface area contributed by atoms with E-state index in [1.807, 2.05) is 22.7 Å². The Hall–Kier alpha value is -5.22. The highest BCUT2D eigenvalue weighted by Crippen LogP contribution is 2.51. The highest BCUT2D eigenvalue weighted by Gasteiger charge is 2.36. The smallest absolute Gasteiger partial charge is 0.0544 e. The highest BCUT2D eigenvalue weighted by atomic mass is 32.1. The fraction of sp³-hybridized carbons (Fsp3) is 0.0667. The predicted octanol–water partition coefficient (Wildman–Crippen LogP) is 13.5. The van der Waals surface area contributed by atoms with Crippen molar-refractivity contribution < 1.29 is 0 Å². The van der Waals surface area contributed by atoms with Crippen LogP contribution < -0.4 is 0 Å². The first-order valence-electron chi connectivity index (χ1n) is 16.6. The Morgan fingerprint density at radius 3 is 2.12 bits per heavy atom. The van der Waals surface area contributed by atoms with E-state index in [0.29, 0.717) is 0 Å². The Bertz CT molecular complexity index is 2980. The van der Waals surface area contributed by atoms with Crippen LogP contribution in [0.5, 0.6) is 0 Å². The van der Waals surface area contributed by atoms with E-state index in [9.17, 15) is 0 Å². The van der Waals surface area contributed by atoms with Crippen LogP contribution in [0.15, 0.2) is 140 Å². The summed E-state index contributed by atoms with van der Waals surface area (Å²) in [6.45, 7) is 4.74. The molecular formula is C45H29NS2. The molecule has 0 amide bonds. The summed E-state index contributed by atoms with van der Waals surface area (Å²) in [5, 5.41) is 7.94. The summed E-state index contributed by atoms with van der Waals surface area (Å²) < 4.78 is 7.86. The van der Waals surface area contributed by atoms with Crippen molar-refractivity contribution in [2.24, 2.45) is 0 Å². The molecule has 3 heterocycles. The number of nitrogens with zero attached hydrogens (tertiary/aromatic N) is 1. The van der Waals surface area contributed by atoms with Gasteiger partial charge in [0.25, 0.3) is 0 Å². The second-order valence-electron chi connectivity index (χ2n) is 13.7. The van der Waals surface area contributed by atoms with Gasteiger partial charge in [0.15, 0.2) is 0 Å². The van der Waals surface area contributed by atoms with E-state index >= 15 is 0 Å². The first-order valence-corrected chi connectivity index (χ1v) is 18.2. The van der Waals surface area contributed by atoms with Crippen molar-refractivity contribution in [1.29, 1.82) is 0 Å². The van der Waals surface area contributed by atoms with Crippen molar-refractivity contribution >= 4 is 84.8 Å². The fourth-order valence-electron chi connectivity index (χ4n) is 8.49. The lowest BCUT2D eigenvalue weighted by Crippen LogP contribution is -2.14. The molecule has 0 unspecified atom stereocenters. The summed E-state index contributed by atoms with van der Waals surface area (Å²) in [5.74, 6) is 0. The van der Waals surface area contributed by atoms with Crippen molar-refractivity contribution in [2.75, 3.05) is 0 Å². The molecule has 0 aliphatic heterocycles. The third-order valence-electron chi connectivity index (χ3n) is 10.8. The average molecular weight is 648 g/mol. The van der Waals surface area contributed by atoms with Crippen LogP contribution in [-0.2, 0) is 5.41 Å². The summed E-state index contributed by atoms with van der Waals surface area (Å²) in [7, 11) is 0. The zero-order valence-corrected chi connectivity index (χ0v) is 28.2. The molecule has 0 saturated heterocycles. The molecule has 0 saturated carbocycles. The molecule has 0 spiro atoms. The second kappa shape index (κ2) is 9.44. The van der Waals surface area contributed by atoms with Crippen LogP contribution in [0.1, 0.15) is 25.0 Å². The molecule has 0 atom stereocenters. The van der Waals surface area contributed by atoms with Gasteiger partial charge >= 0.3 is 0 Å². The molecule has 3 heteroatoms. The van der Waals surface area contributed by atoms with Gasteiger partial charge in [-0.15, -0.1) is 22.7 Å². The molecule has 1 aliphatic rings. The summed E-state index contributed by atoms with van der Waals surface area (Å²) in [6, 6.07) is 52.4. The van der Waals surface area contributed by atoms with Crippen LogP contribution in [0.25, 0.3) is 90.1 Å². The zero-order chi connectivity index (χ0) is 31.7. The molecule has 10 aromatic rings. The third kappa shape index (κ3) is 3.50. The van der Waals surface area contributed by atoms with Crippen molar-refractivity contribution in [2.45, 2.75) is 19.3 Å². The molecule has 11 rings (SSSR count). The van der Waals surface area contributed by atoms with Crippen LogP contribution in [0.3, 0.4) is 0 Å². The van der Waals surface area contributed by atoms with Crippen LogP contribution in [-0.4, -0.2) is 4.57 Å². The first-order chi connectivity index (χ1) is 23.5. The van der Waals surface area contributed by atoms with Gasteiger partial charge in [-0.2, -0.15) is 0 Å².